The number of methoxy groups -OCH3 is 1. The number of carbonyl (C=O) groups excluding carboxylic acids is 1. The number of likely N-dealkylation sites (tertiary alicyclic amines) is 1. The van der Waals surface area contributed by atoms with Gasteiger partial charge >= 0.3 is 0 Å². The third-order valence-electron chi connectivity index (χ3n) is 4.05. The fraction of sp³-hybridized carbons (Fsp3) is 0.353. The van der Waals surface area contributed by atoms with Crippen molar-refractivity contribution < 1.29 is 14.3 Å². The second kappa shape index (κ2) is 7.04. The van der Waals surface area contributed by atoms with Gasteiger partial charge in [-0.15, -0.1) is 0 Å². The second-order valence-electron chi connectivity index (χ2n) is 5.49. The Morgan fingerprint density at radius 2 is 2.38 bits per heavy atom. The molecule has 0 spiro atoms. The van der Waals surface area contributed by atoms with Gasteiger partial charge in [-0.1, -0.05) is 0 Å². The molecule has 1 N–H and O–H groups in total. The number of hydrogen-bond acceptors (Lipinski definition) is 5. The van der Waals surface area contributed by atoms with Crippen LogP contribution in [0.4, 0.5) is 0 Å². The van der Waals surface area contributed by atoms with E-state index in [1.165, 1.54) is 7.11 Å². The minimum absolute atomic E-state index is 0.0287. The van der Waals surface area contributed by atoms with Crippen molar-refractivity contribution in [3.8, 4) is 17.6 Å². The van der Waals surface area contributed by atoms with Crippen LogP contribution in [0.5, 0.6) is 11.5 Å². The number of nitrogens with one attached hydrogen (secondary N) is 1. The molecular formula is C17H18N4O3. The average molecular weight is 326 g/mol. The lowest BCUT2D eigenvalue weighted by Crippen LogP contribution is -2.34. The van der Waals surface area contributed by atoms with Crippen LogP contribution in [0.15, 0.2) is 30.6 Å². The monoisotopic (exact) mass is 326 g/mol. The molecule has 0 radical (unpaired) electrons. The maximum absolute atomic E-state index is 12.5. The van der Waals surface area contributed by atoms with Gasteiger partial charge in [0.15, 0.2) is 18.1 Å². The van der Waals surface area contributed by atoms with Crippen molar-refractivity contribution in [2.45, 2.75) is 18.9 Å². The van der Waals surface area contributed by atoms with E-state index in [2.05, 4.69) is 9.97 Å². The molecule has 24 heavy (non-hydrogen) atoms. The number of amides is 1. The van der Waals surface area contributed by atoms with E-state index in [1.54, 1.807) is 35.5 Å². The van der Waals surface area contributed by atoms with Crippen LogP contribution in [0.2, 0.25) is 0 Å². The summed E-state index contributed by atoms with van der Waals surface area (Å²) in [6, 6.07) is 6.86. The van der Waals surface area contributed by atoms with Gasteiger partial charge in [-0.2, -0.15) is 5.26 Å². The number of aromatic nitrogens is 2. The molecule has 1 unspecified atom stereocenters. The van der Waals surface area contributed by atoms with Gasteiger partial charge in [0.1, 0.15) is 5.82 Å². The van der Waals surface area contributed by atoms with Gasteiger partial charge in [-0.25, -0.2) is 4.98 Å². The molecular weight excluding hydrogens is 308 g/mol. The van der Waals surface area contributed by atoms with Gasteiger partial charge in [0.25, 0.3) is 5.91 Å². The Balaban J connectivity index is 1.66. The molecule has 7 heteroatoms. The van der Waals surface area contributed by atoms with E-state index in [0.717, 1.165) is 18.7 Å². The maximum atomic E-state index is 12.5. The summed E-state index contributed by atoms with van der Waals surface area (Å²) in [7, 11) is 1.50. The van der Waals surface area contributed by atoms with Crippen molar-refractivity contribution in [2.75, 3.05) is 20.3 Å². The lowest BCUT2D eigenvalue weighted by molar-refractivity contribution is -0.134. The molecule has 1 aromatic carbocycles. The first-order valence-corrected chi connectivity index (χ1v) is 7.72. The number of hydrogen-bond donors (Lipinski definition) is 1. The lowest BCUT2D eigenvalue weighted by Gasteiger charge is -2.23. The number of nitrogens with zero attached hydrogens (tertiary/aromatic N) is 3. The molecule has 1 atom stereocenters. The molecule has 2 aromatic rings. The fourth-order valence-corrected chi connectivity index (χ4v) is 2.89. The van der Waals surface area contributed by atoms with Gasteiger partial charge in [0.05, 0.1) is 24.8 Å². The van der Waals surface area contributed by atoms with Gasteiger partial charge < -0.3 is 19.4 Å². The molecule has 1 amide bonds. The highest BCUT2D eigenvalue weighted by atomic mass is 16.5. The largest absolute Gasteiger partial charge is 0.493 e. The van der Waals surface area contributed by atoms with E-state index < -0.39 is 0 Å². The summed E-state index contributed by atoms with van der Waals surface area (Å²) in [4.78, 5) is 21.6. The molecule has 3 rings (SSSR count). The molecule has 0 saturated carbocycles. The number of carbonyl (C=O) groups is 1. The number of H-pyrrole nitrogens is 1. The van der Waals surface area contributed by atoms with E-state index in [4.69, 9.17) is 14.7 Å². The Bertz CT molecular complexity index is 752. The number of benzene rings is 1. The Kier molecular flexibility index (Phi) is 4.66. The van der Waals surface area contributed by atoms with Crippen molar-refractivity contribution in [1.82, 2.24) is 14.9 Å². The van der Waals surface area contributed by atoms with E-state index in [1.807, 2.05) is 6.07 Å². The number of aromatic amines is 1. The third kappa shape index (κ3) is 3.18. The Morgan fingerprint density at radius 1 is 1.50 bits per heavy atom. The minimum atomic E-state index is -0.0969. The second-order valence-corrected chi connectivity index (χ2v) is 5.49. The number of imidazole rings is 1. The van der Waals surface area contributed by atoms with Gasteiger partial charge in [-0.3, -0.25) is 4.79 Å². The first kappa shape index (κ1) is 15.9. The van der Waals surface area contributed by atoms with Crippen LogP contribution in [-0.4, -0.2) is 41.0 Å². The quantitative estimate of drug-likeness (QED) is 0.908. The molecule has 1 fully saturated rings. The fourth-order valence-electron chi connectivity index (χ4n) is 2.89. The third-order valence-corrected chi connectivity index (χ3v) is 4.05. The molecule has 124 valence electrons. The Hall–Kier alpha value is -3.01. The zero-order valence-electron chi connectivity index (χ0n) is 13.4. The van der Waals surface area contributed by atoms with Crippen molar-refractivity contribution in [3.05, 3.63) is 42.0 Å². The van der Waals surface area contributed by atoms with Gasteiger partial charge in [0.2, 0.25) is 0 Å². The Morgan fingerprint density at radius 3 is 3.08 bits per heavy atom. The van der Waals surface area contributed by atoms with E-state index in [9.17, 15) is 4.79 Å². The molecule has 1 aliphatic heterocycles. The van der Waals surface area contributed by atoms with Crippen LogP contribution in [0.3, 0.4) is 0 Å². The molecule has 1 saturated heterocycles. The zero-order valence-corrected chi connectivity index (χ0v) is 13.4. The predicted molar refractivity (Wildman–Crippen MR) is 85.5 cm³/mol. The number of rotatable bonds is 5. The maximum Gasteiger partial charge on any atom is 0.261 e. The molecule has 2 heterocycles. The number of ether oxygens (including phenoxy) is 2. The van der Waals surface area contributed by atoms with Crippen molar-refractivity contribution in [3.63, 3.8) is 0 Å². The summed E-state index contributed by atoms with van der Waals surface area (Å²) in [5, 5.41) is 8.91. The Labute approximate surface area is 139 Å². The normalized spacial score (nSPS) is 16.7. The first-order chi connectivity index (χ1) is 11.7. The van der Waals surface area contributed by atoms with Crippen LogP contribution in [0, 0.1) is 11.3 Å². The smallest absolute Gasteiger partial charge is 0.261 e. The van der Waals surface area contributed by atoms with E-state index in [-0.39, 0.29) is 18.6 Å². The van der Waals surface area contributed by atoms with Crippen molar-refractivity contribution >= 4 is 5.91 Å². The summed E-state index contributed by atoms with van der Waals surface area (Å²) in [5.41, 5.74) is 0.475. The molecule has 1 aromatic heterocycles. The van der Waals surface area contributed by atoms with Gasteiger partial charge in [0, 0.05) is 25.0 Å². The minimum Gasteiger partial charge on any atom is -0.493 e. The summed E-state index contributed by atoms with van der Waals surface area (Å²) in [6.45, 7) is 0.609. The summed E-state index contributed by atoms with van der Waals surface area (Å²) < 4.78 is 10.8. The summed E-state index contributed by atoms with van der Waals surface area (Å²) >= 11 is 0. The van der Waals surface area contributed by atoms with Crippen molar-refractivity contribution in [1.29, 1.82) is 5.26 Å². The van der Waals surface area contributed by atoms with Crippen LogP contribution in [0.25, 0.3) is 0 Å². The average Bonchev–Trinajstić information content (AvgIpc) is 3.30. The van der Waals surface area contributed by atoms with Crippen LogP contribution < -0.4 is 9.47 Å². The number of nitriles is 1. The molecule has 0 aliphatic carbocycles. The highest BCUT2D eigenvalue weighted by molar-refractivity contribution is 5.78. The molecule has 7 nitrogen and oxygen atoms in total. The van der Waals surface area contributed by atoms with Gasteiger partial charge in [-0.05, 0) is 25.0 Å². The van der Waals surface area contributed by atoms with E-state index in [0.29, 0.717) is 23.6 Å². The highest BCUT2D eigenvalue weighted by Gasteiger charge is 2.31. The van der Waals surface area contributed by atoms with Crippen LogP contribution in [-0.2, 0) is 4.79 Å². The van der Waals surface area contributed by atoms with E-state index >= 15 is 0 Å². The van der Waals surface area contributed by atoms with Crippen molar-refractivity contribution in [2.24, 2.45) is 0 Å². The first-order valence-electron chi connectivity index (χ1n) is 7.72. The lowest BCUT2D eigenvalue weighted by atomic mass is 10.2. The highest BCUT2D eigenvalue weighted by Crippen LogP contribution is 2.31. The van der Waals surface area contributed by atoms with Crippen LogP contribution in [0.1, 0.15) is 30.3 Å². The standard InChI is InChI=1S/C17H18N4O3/c1-23-15-9-12(10-18)4-5-14(15)24-11-16(22)21-8-2-3-13(21)17-19-6-7-20-17/h4-7,9,13H,2-3,8,11H2,1H3,(H,19,20). The molecule has 1 aliphatic rings. The summed E-state index contributed by atoms with van der Waals surface area (Å²) in [6.07, 6.45) is 5.28. The molecule has 0 bridgehead atoms. The zero-order chi connectivity index (χ0) is 16.9. The SMILES string of the molecule is COc1cc(C#N)ccc1OCC(=O)N1CCCC1c1ncc[nH]1. The topological polar surface area (TPSA) is 91.2 Å². The van der Waals surface area contributed by atoms with Crippen LogP contribution >= 0.6 is 0 Å². The summed E-state index contributed by atoms with van der Waals surface area (Å²) in [5.74, 6) is 1.58. The predicted octanol–water partition coefficient (Wildman–Crippen LogP) is 2.03.